The summed E-state index contributed by atoms with van der Waals surface area (Å²) < 4.78 is 1.06. The van der Waals surface area contributed by atoms with Crippen molar-refractivity contribution in [3.8, 4) is 0 Å². The fourth-order valence-electron chi connectivity index (χ4n) is 3.03. The molecular weight excluding hydrogens is 356 g/mol. The van der Waals surface area contributed by atoms with Crippen LogP contribution in [0.2, 0.25) is 0 Å². The van der Waals surface area contributed by atoms with Gasteiger partial charge in [0.25, 0.3) is 0 Å². The highest BCUT2D eigenvalue weighted by Crippen LogP contribution is 2.24. The Morgan fingerprint density at radius 2 is 2.16 bits per heavy atom. The number of thioether (sulfide) groups is 1. The molecule has 1 fully saturated rings. The first-order valence-electron chi connectivity index (χ1n) is 8.35. The molecule has 0 unspecified atom stereocenters. The Bertz CT molecular complexity index is 824. The molecule has 3 aromatic heterocycles. The number of hydrogen-bond donors (Lipinski definition) is 2. The molecule has 1 aliphatic heterocycles. The topological polar surface area (TPSA) is 95.5 Å². The highest BCUT2D eigenvalue weighted by atomic mass is 32.2. The number of aromatic amines is 1. The van der Waals surface area contributed by atoms with Crippen LogP contribution in [0.3, 0.4) is 0 Å². The molecular formula is C15H20N8S2. The molecule has 8 nitrogen and oxygen atoms in total. The number of imidazole rings is 1. The number of nitrogens with one attached hydrogen (secondary N) is 2. The predicted octanol–water partition coefficient (Wildman–Crippen LogP) is 1.86. The highest BCUT2D eigenvalue weighted by molar-refractivity contribution is 8.01. The lowest BCUT2D eigenvalue weighted by molar-refractivity contribution is 0.424. The first kappa shape index (κ1) is 16.7. The maximum Gasteiger partial charge on any atom is 0.182 e. The quantitative estimate of drug-likeness (QED) is 0.497. The van der Waals surface area contributed by atoms with Crippen LogP contribution in [0.4, 0.5) is 5.82 Å². The van der Waals surface area contributed by atoms with Gasteiger partial charge in [0.1, 0.15) is 16.9 Å². The minimum atomic E-state index is 0.562. The summed E-state index contributed by atoms with van der Waals surface area (Å²) in [5, 5.41) is 12.9. The normalized spacial score (nSPS) is 16.0. The number of aryl methyl sites for hydroxylation is 1. The minimum absolute atomic E-state index is 0.562. The van der Waals surface area contributed by atoms with Gasteiger partial charge in [-0.05, 0) is 19.8 Å². The number of aromatic nitrogens is 6. The third-order valence-corrected chi connectivity index (χ3v) is 6.24. The molecule has 25 heavy (non-hydrogen) atoms. The van der Waals surface area contributed by atoms with Gasteiger partial charge in [0.05, 0.1) is 6.33 Å². The van der Waals surface area contributed by atoms with Crippen molar-refractivity contribution >= 4 is 40.1 Å². The van der Waals surface area contributed by atoms with Gasteiger partial charge in [0.15, 0.2) is 15.8 Å². The van der Waals surface area contributed by atoms with Crippen molar-refractivity contribution in [1.29, 1.82) is 0 Å². The Kier molecular flexibility index (Phi) is 5.09. The molecule has 0 spiro atoms. The molecule has 0 aromatic carbocycles. The zero-order valence-electron chi connectivity index (χ0n) is 14.0. The van der Waals surface area contributed by atoms with Crippen molar-refractivity contribution in [2.75, 3.05) is 30.3 Å². The summed E-state index contributed by atoms with van der Waals surface area (Å²) in [6, 6.07) is 0.562. The third kappa shape index (κ3) is 3.91. The van der Waals surface area contributed by atoms with Gasteiger partial charge >= 0.3 is 0 Å². The van der Waals surface area contributed by atoms with Gasteiger partial charge in [0, 0.05) is 31.4 Å². The molecule has 0 radical (unpaired) electrons. The van der Waals surface area contributed by atoms with Crippen molar-refractivity contribution in [2.24, 2.45) is 0 Å². The van der Waals surface area contributed by atoms with E-state index in [-0.39, 0.29) is 0 Å². The SMILES string of the molecule is Cc1nnc(SCCNC2CCN(c3ncnc4nc[nH]c34)CC2)s1. The van der Waals surface area contributed by atoms with Crippen LogP contribution in [0.5, 0.6) is 0 Å². The number of H-pyrrole nitrogens is 1. The number of anilines is 1. The van der Waals surface area contributed by atoms with Gasteiger partial charge in [-0.15, -0.1) is 10.2 Å². The Morgan fingerprint density at radius 1 is 1.28 bits per heavy atom. The monoisotopic (exact) mass is 376 g/mol. The molecule has 0 amide bonds. The van der Waals surface area contributed by atoms with Crippen LogP contribution in [0.25, 0.3) is 11.2 Å². The van der Waals surface area contributed by atoms with Crippen molar-refractivity contribution in [3.05, 3.63) is 17.7 Å². The Hall–Kier alpha value is -1.78. The van der Waals surface area contributed by atoms with Crippen LogP contribution < -0.4 is 10.2 Å². The standard InChI is InChI=1S/C15H20N8S2/c1-10-21-22-15(25-10)24-7-4-16-11-2-5-23(6-3-11)14-12-13(18-8-17-12)19-9-20-14/h8-9,11,16H,2-7H2,1H3,(H,17,18,19,20). The van der Waals surface area contributed by atoms with Gasteiger partial charge < -0.3 is 15.2 Å². The smallest absolute Gasteiger partial charge is 0.182 e. The zero-order chi connectivity index (χ0) is 17.1. The Balaban J connectivity index is 1.24. The van der Waals surface area contributed by atoms with E-state index in [1.165, 1.54) is 0 Å². The zero-order valence-corrected chi connectivity index (χ0v) is 15.6. The molecule has 1 saturated heterocycles. The molecule has 0 aliphatic carbocycles. The van der Waals surface area contributed by atoms with Crippen LogP contribution in [0.1, 0.15) is 17.8 Å². The molecule has 3 aromatic rings. The molecule has 0 saturated carbocycles. The Labute approximate surface area is 153 Å². The summed E-state index contributed by atoms with van der Waals surface area (Å²) in [6.07, 6.45) is 5.49. The van der Waals surface area contributed by atoms with E-state index in [1.807, 2.05) is 6.92 Å². The van der Waals surface area contributed by atoms with E-state index in [0.29, 0.717) is 6.04 Å². The Morgan fingerprint density at radius 3 is 2.96 bits per heavy atom. The molecule has 0 bridgehead atoms. The third-order valence-electron chi connectivity index (χ3n) is 4.27. The lowest BCUT2D eigenvalue weighted by atomic mass is 10.1. The van der Waals surface area contributed by atoms with E-state index < -0.39 is 0 Å². The van der Waals surface area contributed by atoms with Gasteiger partial charge in [-0.1, -0.05) is 23.1 Å². The van der Waals surface area contributed by atoms with Crippen LogP contribution in [-0.2, 0) is 0 Å². The second-order valence-electron chi connectivity index (χ2n) is 5.95. The molecule has 4 heterocycles. The van der Waals surface area contributed by atoms with Gasteiger partial charge in [-0.25, -0.2) is 15.0 Å². The number of hydrogen-bond acceptors (Lipinski definition) is 9. The maximum absolute atomic E-state index is 4.45. The van der Waals surface area contributed by atoms with E-state index in [2.05, 4.69) is 40.3 Å². The van der Waals surface area contributed by atoms with Crippen LogP contribution in [0.15, 0.2) is 17.0 Å². The average molecular weight is 377 g/mol. The maximum atomic E-state index is 4.45. The highest BCUT2D eigenvalue weighted by Gasteiger charge is 2.21. The minimum Gasteiger partial charge on any atom is -0.355 e. The van der Waals surface area contributed by atoms with Crippen molar-refractivity contribution < 1.29 is 0 Å². The fourth-order valence-corrected chi connectivity index (χ4v) is 4.78. The van der Waals surface area contributed by atoms with E-state index in [0.717, 1.165) is 64.6 Å². The second kappa shape index (κ2) is 7.63. The molecule has 1 aliphatic rings. The van der Waals surface area contributed by atoms with Crippen molar-refractivity contribution in [3.63, 3.8) is 0 Å². The first-order chi connectivity index (χ1) is 12.3. The van der Waals surface area contributed by atoms with Crippen LogP contribution in [0, 0.1) is 6.92 Å². The van der Waals surface area contributed by atoms with Crippen LogP contribution >= 0.6 is 23.1 Å². The number of fused-ring (bicyclic) bond motifs is 1. The van der Waals surface area contributed by atoms with E-state index >= 15 is 0 Å². The molecule has 4 rings (SSSR count). The molecule has 10 heteroatoms. The molecule has 2 N–H and O–H groups in total. The summed E-state index contributed by atoms with van der Waals surface area (Å²) in [4.78, 5) is 18.3. The van der Waals surface area contributed by atoms with Crippen molar-refractivity contribution in [2.45, 2.75) is 30.1 Å². The molecule has 0 atom stereocenters. The van der Waals surface area contributed by atoms with Gasteiger partial charge in [-0.3, -0.25) is 0 Å². The largest absolute Gasteiger partial charge is 0.355 e. The van der Waals surface area contributed by atoms with Gasteiger partial charge in [-0.2, -0.15) is 0 Å². The van der Waals surface area contributed by atoms with E-state index in [1.54, 1.807) is 35.8 Å². The number of rotatable bonds is 6. The summed E-state index contributed by atoms with van der Waals surface area (Å²) in [5.41, 5.74) is 1.66. The average Bonchev–Trinajstić information content (AvgIpc) is 3.28. The van der Waals surface area contributed by atoms with Crippen LogP contribution in [-0.4, -0.2) is 61.6 Å². The lowest BCUT2D eigenvalue weighted by Gasteiger charge is -2.33. The first-order valence-corrected chi connectivity index (χ1v) is 10.1. The second-order valence-corrected chi connectivity index (χ2v) is 8.47. The predicted molar refractivity (Wildman–Crippen MR) is 100 cm³/mol. The fraction of sp³-hybridized carbons (Fsp3) is 0.533. The molecule has 132 valence electrons. The van der Waals surface area contributed by atoms with Gasteiger partial charge in [0.2, 0.25) is 0 Å². The number of piperidine rings is 1. The van der Waals surface area contributed by atoms with E-state index in [9.17, 15) is 0 Å². The summed E-state index contributed by atoms with van der Waals surface area (Å²) in [6.45, 7) is 4.96. The lowest BCUT2D eigenvalue weighted by Crippen LogP contribution is -2.43. The van der Waals surface area contributed by atoms with Crippen molar-refractivity contribution in [1.82, 2.24) is 35.5 Å². The van der Waals surface area contributed by atoms with E-state index in [4.69, 9.17) is 0 Å². The summed E-state index contributed by atoms with van der Waals surface area (Å²) >= 11 is 3.43. The summed E-state index contributed by atoms with van der Waals surface area (Å²) in [5.74, 6) is 1.98. The summed E-state index contributed by atoms with van der Waals surface area (Å²) in [7, 11) is 0. The number of nitrogens with zero attached hydrogens (tertiary/aromatic N) is 6.